The molecule has 1 atom stereocenters. The molecule has 0 spiro atoms. The first-order chi connectivity index (χ1) is 13.6. The second-order valence-corrected chi connectivity index (χ2v) is 7.37. The molecule has 1 unspecified atom stereocenters. The Hall–Kier alpha value is -2.54. The molecule has 0 N–H and O–H groups in total. The Labute approximate surface area is 169 Å². The van der Waals surface area contributed by atoms with Crippen molar-refractivity contribution >= 4 is 17.7 Å². The molecule has 1 saturated heterocycles. The van der Waals surface area contributed by atoms with Gasteiger partial charge in [-0.2, -0.15) is 0 Å². The number of carbonyl (C=O) groups is 1. The molecule has 0 aliphatic carbocycles. The van der Waals surface area contributed by atoms with Crippen LogP contribution in [-0.2, 0) is 11.2 Å². The minimum absolute atomic E-state index is 0.0755. The van der Waals surface area contributed by atoms with Crippen LogP contribution in [0.2, 0.25) is 0 Å². The lowest BCUT2D eigenvalue weighted by atomic mass is 10.1. The first kappa shape index (κ1) is 20.2. The molecule has 1 fully saturated rings. The zero-order valence-corrected chi connectivity index (χ0v) is 17.4. The first-order valence-electron chi connectivity index (χ1n) is 8.95. The fourth-order valence-electron chi connectivity index (χ4n) is 3.26. The monoisotopic (exact) mass is 403 g/mol. The van der Waals surface area contributed by atoms with Crippen molar-refractivity contribution in [2.75, 3.05) is 40.7 Å². The number of benzene rings is 2. The molecule has 0 saturated carbocycles. The summed E-state index contributed by atoms with van der Waals surface area (Å²) in [6.07, 6.45) is 0.724. The smallest absolute Gasteiger partial charge is 0.233 e. The number of methoxy groups -OCH3 is 4. The minimum atomic E-state index is -0.0755. The maximum Gasteiger partial charge on any atom is 0.233 e. The van der Waals surface area contributed by atoms with Gasteiger partial charge in [0.05, 0.1) is 34.2 Å². The quantitative estimate of drug-likeness (QED) is 0.672. The number of nitrogens with zero attached hydrogens (tertiary/aromatic N) is 1. The first-order valence-corrected chi connectivity index (χ1v) is 10.00. The van der Waals surface area contributed by atoms with Gasteiger partial charge in [0.15, 0.2) is 11.5 Å². The summed E-state index contributed by atoms with van der Waals surface area (Å²) in [5.74, 6) is 3.43. The number of amides is 1. The number of hydrogen-bond donors (Lipinski definition) is 0. The van der Waals surface area contributed by atoms with Crippen LogP contribution in [0.3, 0.4) is 0 Å². The van der Waals surface area contributed by atoms with Gasteiger partial charge in [-0.1, -0.05) is 6.07 Å². The maximum atomic E-state index is 12.5. The SMILES string of the molecule is COc1ccc(C2SCC(=O)N2CCc2ccc(OC)c(OC)c2)c(OC)c1. The third-order valence-electron chi connectivity index (χ3n) is 4.76. The van der Waals surface area contributed by atoms with Crippen molar-refractivity contribution < 1.29 is 23.7 Å². The Morgan fingerprint density at radius 3 is 2.36 bits per heavy atom. The van der Waals surface area contributed by atoms with Crippen molar-refractivity contribution in [3.8, 4) is 23.0 Å². The third kappa shape index (κ3) is 4.14. The van der Waals surface area contributed by atoms with Crippen LogP contribution in [0.5, 0.6) is 23.0 Å². The van der Waals surface area contributed by atoms with E-state index >= 15 is 0 Å². The summed E-state index contributed by atoms with van der Waals surface area (Å²) in [5, 5.41) is -0.0755. The van der Waals surface area contributed by atoms with Gasteiger partial charge in [0.25, 0.3) is 0 Å². The zero-order valence-electron chi connectivity index (χ0n) is 16.6. The van der Waals surface area contributed by atoms with Crippen molar-refractivity contribution in [3.63, 3.8) is 0 Å². The molecule has 7 heteroatoms. The van der Waals surface area contributed by atoms with Crippen molar-refractivity contribution in [2.45, 2.75) is 11.8 Å². The summed E-state index contributed by atoms with van der Waals surface area (Å²) in [5.41, 5.74) is 2.06. The van der Waals surface area contributed by atoms with Gasteiger partial charge in [-0.15, -0.1) is 11.8 Å². The Morgan fingerprint density at radius 1 is 0.929 bits per heavy atom. The van der Waals surface area contributed by atoms with Crippen LogP contribution in [-0.4, -0.2) is 51.5 Å². The molecule has 150 valence electrons. The highest BCUT2D eigenvalue weighted by atomic mass is 32.2. The summed E-state index contributed by atoms with van der Waals surface area (Å²) >= 11 is 1.61. The molecule has 2 aromatic carbocycles. The van der Waals surface area contributed by atoms with Gasteiger partial charge in [0.2, 0.25) is 5.91 Å². The molecule has 0 bridgehead atoms. The lowest BCUT2D eigenvalue weighted by molar-refractivity contribution is -0.128. The van der Waals surface area contributed by atoms with Gasteiger partial charge in [-0.3, -0.25) is 4.79 Å². The average Bonchev–Trinajstić information content (AvgIpc) is 3.11. The fraction of sp³-hybridized carbons (Fsp3) is 0.381. The molecular formula is C21H25NO5S. The minimum Gasteiger partial charge on any atom is -0.497 e. The number of thioether (sulfide) groups is 1. The molecule has 1 aliphatic rings. The second kappa shape index (κ2) is 9.10. The summed E-state index contributed by atoms with van der Waals surface area (Å²) in [6, 6.07) is 11.6. The maximum absolute atomic E-state index is 12.5. The van der Waals surface area contributed by atoms with E-state index in [1.807, 2.05) is 41.3 Å². The Balaban J connectivity index is 1.78. The molecule has 28 heavy (non-hydrogen) atoms. The van der Waals surface area contributed by atoms with Gasteiger partial charge < -0.3 is 23.8 Å². The molecule has 1 aliphatic heterocycles. The van der Waals surface area contributed by atoms with E-state index in [2.05, 4.69) is 0 Å². The van der Waals surface area contributed by atoms with Crippen molar-refractivity contribution in [3.05, 3.63) is 47.5 Å². The Bertz CT molecular complexity index is 842. The number of carbonyl (C=O) groups excluding carboxylic acids is 1. The predicted octanol–water partition coefficient (Wildman–Crippen LogP) is 3.54. The van der Waals surface area contributed by atoms with Crippen LogP contribution in [0.1, 0.15) is 16.5 Å². The summed E-state index contributed by atoms with van der Waals surface area (Å²) in [7, 11) is 6.49. The van der Waals surface area contributed by atoms with Gasteiger partial charge in [-0.25, -0.2) is 0 Å². The zero-order chi connectivity index (χ0) is 20.1. The molecule has 6 nitrogen and oxygen atoms in total. The largest absolute Gasteiger partial charge is 0.497 e. The molecule has 1 heterocycles. The van der Waals surface area contributed by atoms with E-state index in [1.54, 1.807) is 40.2 Å². The third-order valence-corrected chi connectivity index (χ3v) is 6.00. The van der Waals surface area contributed by atoms with Gasteiger partial charge in [0.1, 0.15) is 16.9 Å². The predicted molar refractivity (Wildman–Crippen MR) is 110 cm³/mol. The molecule has 0 aromatic heterocycles. The summed E-state index contributed by atoms with van der Waals surface area (Å²) in [4.78, 5) is 14.4. The molecule has 1 amide bonds. The van der Waals surface area contributed by atoms with Crippen molar-refractivity contribution in [1.29, 1.82) is 0 Å². The number of hydrogen-bond acceptors (Lipinski definition) is 6. The van der Waals surface area contributed by atoms with Gasteiger partial charge in [-0.05, 0) is 36.2 Å². The van der Waals surface area contributed by atoms with Gasteiger partial charge in [0, 0.05) is 18.2 Å². The van der Waals surface area contributed by atoms with Crippen molar-refractivity contribution in [2.24, 2.45) is 0 Å². The van der Waals surface area contributed by atoms with E-state index in [9.17, 15) is 4.79 Å². The van der Waals surface area contributed by atoms with E-state index in [-0.39, 0.29) is 11.3 Å². The van der Waals surface area contributed by atoms with Crippen molar-refractivity contribution in [1.82, 2.24) is 4.90 Å². The van der Waals surface area contributed by atoms with E-state index in [4.69, 9.17) is 18.9 Å². The highest BCUT2D eigenvalue weighted by Crippen LogP contribution is 2.43. The van der Waals surface area contributed by atoms with Crippen LogP contribution < -0.4 is 18.9 Å². The fourth-order valence-corrected chi connectivity index (χ4v) is 4.51. The lowest BCUT2D eigenvalue weighted by Crippen LogP contribution is -2.30. The number of ether oxygens (including phenoxy) is 4. The standard InChI is InChI=1S/C21H25NO5S/c1-24-15-6-7-16(18(12-15)26-3)21-22(20(23)13-28-21)10-9-14-5-8-17(25-2)19(11-14)27-4/h5-8,11-12,21H,9-10,13H2,1-4H3. The van der Waals surface area contributed by atoms with Crippen LogP contribution in [0.15, 0.2) is 36.4 Å². The topological polar surface area (TPSA) is 57.2 Å². The normalized spacial score (nSPS) is 16.2. The van der Waals surface area contributed by atoms with Crippen LogP contribution in [0.4, 0.5) is 0 Å². The molecular weight excluding hydrogens is 378 g/mol. The summed E-state index contributed by atoms with van der Waals surface area (Å²) < 4.78 is 21.5. The Kier molecular flexibility index (Phi) is 6.57. The highest BCUT2D eigenvalue weighted by molar-refractivity contribution is 8.00. The van der Waals surface area contributed by atoms with E-state index in [1.165, 1.54) is 0 Å². The Morgan fingerprint density at radius 2 is 1.68 bits per heavy atom. The van der Waals surface area contributed by atoms with Crippen LogP contribution in [0, 0.1) is 0 Å². The van der Waals surface area contributed by atoms with E-state index < -0.39 is 0 Å². The molecule has 3 rings (SSSR count). The van der Waals surface area contributed by atoms with E-state index in [0.29, 0.717) is 23.8 Å². The summed E-state index contributed by atoms with van der Waals surface area (Å²) in [6.45, 7) is 0.612. The van der Waals surface area contributed by atoms with Gasteiger partial charge >= 0.3 is 0 Å². The molecule has 0 radical (unpaired) electrons. The average molecular weight is 404 g/mol. The second-order valence-electron chi connectivity index (χ2n) is 6.30. The van der Waals surface area contributed by atoms with Crippen LogP contribution in [0.25, 0.3) is 0 Å². The highest BCUT2D eigenvalue weighted by Gasteiger charge is 2.34. The van der Waals surface area contributed by atoms with E-state index in [0.717, 1.165) is 29.0 Å². The van der Waals surface area contributed by atoms with Crippen LogP contribution >= 0.6 is 11.8 Å². The molecule has 2 aromatic rings. The lowest BCUT2D eigenvalue weighted by Gasteiger charge is -2.26. The number of rotatable bonds is 8.